The number of hydrogen-bond donors (Lipinski definition) is 1. The lowest BCUT2D eigenvalue weighted by Gasteiger charge is -2.13. The first kappa shape index (κ1) is 12.9. The van der Waals surface area contributed by atoms with E-state index in [1.165, 1.54) is 5.57 Å². The summed E-state index contributed by atoms with van der Waals surface area (Å²) in [7, 11) is 0. The van der Waals surface area contributed by atoms with Crippen LogP contribution in [0.2, 0.25) is 0 Å². The van der Waals surface area contributed by atoms with Gasteiger partial charge in [-0.05, 0) is 40.2 Å². The van der Waals surface area contributed by atoms with E-state index in [-0.39, 0.29) is 5.91 Å². The molecule has 0 rings (SSSR count). The second-order valence-electron chi connectivity index (χ2n) is 3.90. The number of carbonyl (C=O) groups is 1. The highest BCUT2D eigenvalue weighted by Gasteiger charge is 2.06. The highest BCUT2D eigenvalue weighted by Crippen LogP contribution is 2.15. The van der Waals surface area contributed by atoms with Gasteiger partial charge in [0.25, 0.3) is 0 Å². The van der Waals surface area contributed by atoms with E-state index in [1.54, 1.807) is 0 Å². The van der Waals surface area contributed by atoms with Gasteiger partial charge in [-0.1, -0.05) is 18.1 Å². The van der Waals surface area contributed by atoms with Gasteiger partial charge in [0.15, 0.2) is 0 Å². The first-order chi connectivity index (χ1) is 6.40. The fourth-order valence-electron chi connectivity index (χ4n) is 1.07. The summed E-state index contributed by atoms with van der Waals surface area (Å²) in [5, 5.41) is 2.93. The van der Waals surface area contributed by atoms with Crippen LogP contribution in [0.3, 0.4) is 0 Å². The summed E-state index contributed by atoms with van der Waals surface area (Å²) < 4.78 is 0. The molecule has 0 bridgehead atoms. The van der Waals surface area contributed by atoms with Crippen LogP contribution in [0, 0.1) is 0 Å². The zero-order valence-electron chi connectivity index (χ0n) is 10.1. The average Bonchev–Trinajstić information content (AvgIpc) is 2.11. The molecule has 2 heteroatoms. The molecule has 14 heavy (non-hydrogen) atoms. The fraction of sp³-hybridized carbons (Fsp3) is 0.583. The lowest BCUT2D eigenvalue weighted by atomic mass is 10.1. The Morgan fingerprint density at radius 3 is 1.79 bits per heavy atom. The van der Waals surface area contributed by atoms with E-state index in [0.29, 0.717) is 6.42 Å². The number of hydrogen-bond acceptors (Lipinski definition) is 1. The van der Waals surface area contributed by atoms with Gasteiger partial charge in [-0.25, -0.2) is 0 Å². The van der Waals surface area contributed by atoms with Crippen molar-refractivity contribution >= 4 is 5.91 Å². The number of allylic oxidation sites excluding steroid dienone is 3. The van der Waals surface area contributed by atoms with Gasteiger partial charge >= 0.3 is 0 Å². The van der Waals surface area contributed by atoms with Crippen LogP contribution >= 0.6 is 0 Å². The molecule has 0 aliphatic carbocycles. The van der Waals surface area contributed by atoms with Crippen LogP contribution in [0.15, 0.2) is 22.4 Å². The molecule has 0 spiro atoms. The topological polar surface area (TPSA) is 29.1 Å². The Hall–Kier alpha value is -1.05. The van der Waals surface area contributed by atoms with Crippen molar-refractivity contribution < 1.29 is 4.79 Å². The average molecular weight is 195 g/mol. The minimum atomic E-state index is 0.0711. The Bertz CT molecular complexity index is 277. The molecule has 0 unspecified atom stereocenters. The molecule has 0 atom stereocenters. The van der Waals surface area contributed by atoms with Crippen molar-refractivity contribution in [3.63, 3.8) is 0 Å². The summed E-state index contributed by atoms with van der Waals surface area (Å²) in [5.41, 5.74) is 4.51. The predicted molar refractivity (Wildman–Crippen MR) is 60.9 cm³/mol. The van der Waals surface area contributed by atoms with Gasteiger partial charge in [0.2, 0.25) is 5.91 Å². The summed E-state index contributed by atoms with van der Waals surface area (Å²) in [5.74, 6) is 0.0711. The molecule has 1 N–H and O–H groups in total. The van der Waals surface area contributed by atoms with Crippen LogP contribution in [-0.4, -0.2) is 5.91 Å². The highest BCUT2D eigenvalue weighted by atomic mass is 16.1. The Balaban J connectivity index is 4.93. The molecular formula is C12H21NO. The Morgan fingerprint density at radius 2 is 1.50 bits per heavy atom. The highest BCUT2D eigenvalue weighted by molar-refractivity contribution is 5.78. The number of rotatable bonds is 3. The summed E-state index contributed by atoms with van der Waals surface area (Å²) >= 11 is 0. The van der Waals surface area contributed by atoms with E-state index >= 15 is 0 Å². The standard InChI is InChI=1S/C12H21NO/c1-7-11(14)13-12(9(4)5)10(6)8(2)3/h7H2,1-6H3,(H,13,14). The van der Waals surface area contributed by atoms with E-state index in [2.05, 4.69) is 19.2 Å². The molecule has 0 radical (unpaired) electrons. The van der Waals surface area contributed by atoms with Crippen molar-refractivity contribution in [2.75, 3.05) is 0 Å². The van der Waals surface area contributed by atoms with Crippen molar-refractivity contribution in [3.05, 3.63) is 22.4 Å². The number of carbonyl (C=O) groups excluding carboxylic acids is 1. The molecule has 0 fully saturated rings. The van der Waals surface area contributed by atoms with Gasteiger partial charge in [0.05, 0.1) is 0 Å². The van der Waals surface area contributed by atoms with Crippen LogP contribution in [0.5, 0.6) is 0 Å². The SMILES string of the molecule is CCC(=O)NC(=C(C)C)C(C)=C(C)C. The first-order valence-corrected chi connectivity index (χ1v) is 5.01. The molecule has 80 valence electrons. The van der Waals surface area contributed by atoms with E-state index < -0.39 is 0 Å². The molecule has 0 aromatic carbocycles. The third-order valence-electron chi connectivity index (χ3n) is 2.21. The van der Waals surface area contributed by atoms with Gasteiger partial charge in [-0.15, -0.1) is 0 Å². The largest absolute Gasteiger partial charge is 0.326 e. The minimum Gasteiger partial charge on any atom is -0.326 e. The van der Waals surface area contributed by atoms with E-state index in [4.69, 9.17) is 0 Å². The maximum absolute atomic E-state index is 11.3. The third kappa shape index (κ3) is 3.77. The molecule has 0 aromatic heterocycles. The molecule has 2 nitrogen and oxygen atoms in total. The van der Waals surface area contributed by atoms with E-state index in [1.807, 2.05) is 27.7 Å². The summed E-state index contributed by atoms with van der Waals surface area (Å²) in [4.78, 5) is 11.3. The van der Waals surface area contributed by atoms with Crippen molar-refractivity contribution in [1.82, 2.24) is 5.32 Å². The molecule has 0 aliphatic rings. The zero-order valence-corrected chi connectivity index (χ0v) is 10.1. The maximum atomic E-state index is 11.3. The molecule has 1 amide bonds. The van der Waals surface area contributed by atoms with Crippen LogP contribution in [0.1, 0.15) is 48.0 Å². The van der Waals surface area contributed by atoms with Crippen LogP contribution in [-0.2, 0) is 4.79 Å². The number of nitrogens with one attached hydrogen (secondary N) is 1. The van der Waals surface area contributed by atoms with Crippen molar-refractivity contribution in [2.24, 2.45) is 0 Å². The van der Waals surface area contributed by atoms with Gasteiger partial charge < -0.3 is 5.32 Å². The number of amides is 1. The van der Waals surface area contributed by atoms with E-state index in [9.17, 15) is 4.79 Å². The predicted octanol–water partition coefficient (Wildman–Crippen LogP) is 3.16. The van der Waals surface area contributed by atoms with E-state index in [0.717, 1.165) is 16.8 Å². The molecular weight excluding hydrogens is 174 g/mol. The molecule has 0 saturated carbocycles. The zero-order chi connectivity index (χ0) is 11.3. The Kier molecular flexibility index (Phi) is 5.21. The van der Waals surface area contributed by atoms with Gasteiger partial charge in [-0.3, -0.25) is 4.79 Å². The molecule has 0 heterocycles. The molecule has 0 saturated heterocycles. The summed E-state index contributed by atoms with van der Waals surface area (Å²) in [6.07, 6.45) is 0.521. The first-order valence-electron chi connectivity index (χ1n) is 5.01. The van der Waals surface area contributed by atoms with Gasteiger partial charge in [0, 0.05) is 12.1 Å². The van der Waals surface area contributed by atoms with Crippen LogP contribution < -0.4 is 5.32 Å². The van der Waals surface area contributed by atoms with Crippen LogP contribution in [0.25, 0.3) is 0 Å². The van der Waals surface area contributed by atoms with Crippen molar-refractivity contribution in [1.29, 1.82) is 0 Å². The minimum absolute atomic E-state index is 0.0711. The summed E-state index contributed by atoms with van der Waals surface area (Å²) in [6, 6.07) is 0. The van der Waals surface area contributed by atoms with Crippen molar-refractivity contribution in [2.45, 2.75) is 48.0 Å². The smallest absolute Gasteiger partial charge is 0.224 e. The second kappa shape index (κ2) is 5.63. The quantitative estimate of drug-likeness (QED) is 0.689. The lowest BCUT2D eigenvalue weighted by molar-refractivity contribution is -0.120. The van der Waals surface area contributed by atoms with Crippen molar-refractivity contribution in [3.8, 4) is 0 Å². The monoisotopic (exact) mass is 195 g/mol. The Labute approximate surface area is 87.1 Å². The Morgan fingerprint density at radius 1 is 1.00 bits per heavy atom. The maximum Gasteiger partial charge on any atom is 0.224 e. The second-order valence-corrected chi connectivity index (χ2v) is 3.90. The molecule has 0 aliphatic heterocycles. The van der Waals surface area contributed by atoms with Gasteiger partial charge in [0.1, 0.15) is 0 Å². The third-order valence-corrected chi connectivity index (χ3v) is 2.21. The van der Waals surface area contributed by atoms with Crippen LogP contribution in [0.4, 0.5) is 0 Å². The lowest BCUT2D eigenvalue weighted by Crippen LogP contribution is -2.23. The van der Waals surface area contributed by atoms with Gasteiger partial charge in [-0.2, -0.15) is 0 Å². The normalized spacial score (nSPS) is 9.29. The summed E-state index contributed by atoms with van der Waals surface area (Å²) in [6.45, 7) is 12.0. The molecule has 0 aromatic rings. The fourth-order valence-corrected chi connectivity index (χ4v) is 1.07.